The first-order chi connectivity index (χ1) is 13.5. The normalized spacial score (nSPS) is 10.6. The van der Waals surface area contributed by atoms with Crippen LogP contribution in [0.1, 0.15) is 29.9 Å². The van der Waals surface area contributed by atoms with E-state index in [0.717, 1.165) is 11.3 Å². The Kier molecular flexibility index (Phi) is 6.45. The van der Waals surface area contributed by atoms with Gasteiger partial charge >= 0.3 is 0 Å². The highest BCUT2D eigenvalue weighted by Crippen LogP contribution is 2.27. The van der Waals surface area contributed by atoms with Gasteiger partial charge in [-0.15, -0.1) is 0 Å². The molecule has 2 N–H and O–H groups in total. The molecule has 1 heterocycles. The maximum Gasteiger partial charge on any atom is 0.270 e. The molecular weight excluding hydrogens is 376 g/mol. The van der Waals surface area contributed by atoms with Gasteiger partial charge < -0.3 is 15.4 Å². The summed E-state index contributed by atoms with van der Waals surface area (Å²) < 4.78 is 5.78. The molecule has 0 unspecified atom stereocenters. The molecule has 0 fully saturated rings. The summed E-state index contributed by atoms with van der Waals surface area (Å²) in [5.41, 5.74) is 1.95. The lowest BCUT2D eigenvalue weighted by atomic mass is 10.2. The molecule has 0 aliphatic carbocycles. The molecule has 0 saturated carbocycles. The van der Waals surface area contributed by atoms with Gasteiger partial charge in [-0.25, -0.2) is 9.97 Å². The third-order valence-corrected chi connectivity index (χ3v) is 4.00. The fraction of sp³-hybridized carbons (Fsp3) is 0.190. The predicted octanol–water partition coefficient (Wildman–Crippen LogP) is 4.59. The van der Waals surface area contributed by atoms with E-state index in [1.54, 1.807) is 24.4 Å². The number of hydrogen-bond acceptors (Lipinski definition) is 5. The van der Waals surface area contributed by atoms with Crippen LogP contribution in [0, 0.1) is 0 Å². The zero-order valence-electron chi connectivity index (χ0n) is 15.6. The Morgan fingerprint density at radius 1 is 1.11 bits per heavy atom. The van der Waals surface area contributed by atoms with Gasteiger partial charge in [-0.2, -0.15) is 0 Å². The first-order valence-electron chi connectivity index (χ1n) is 8.89. The van der Waals surface area contributed by atoms with Crippen molar-refractivity contribution in [1.82, 2.24) is 15.3 Å². The van der Waals surface area contributed by atoms with E-state index in [-0.39, 0.29) is 17.7 Å². The maximum atomic E-state index is 12.4. The van der Waals surface area contributed by atoms with Crippen LogP contribution < -0.4 is 15.4 Å². The number of benzene rings is 2. The number of anilines is 2. The van der Waals surface area contributed by atoms with Crippen LogP contribution in [0.4, 0.5) is 11.6 Å². The third kappa shape index (κ3) is 5.44. The summed E-state index contributed by atoms with van der Waals surface area (Å²) >= 11 is 5.87. The van der Waals surface area contributed by atoms with Crippen LogP contribution in [0.25, 0.3) is 0 Å². The van der Waals surface area contributed by atoms with Crippen molar-refractivity contribution in [3.8, 4) is 5.75 Å². The molecule has 0 saturated heterocycles. The van der Waals surface area contributed by atoms with Crippen LogP contribution in [0.5, 0.6) is 5.75 Å². The highest BCUT2D eigenvalue weighted by molar-refractivity contribution is 6.30. The Morgan fingerprint density at radius 3 is 2.61 bits per heavy atom. The van der Waals surface area contributed by atoms with E-state index in [0.29, 0.717) is 23.3 Å². The third-order valence-electron chi connectivity index (χ3n) is 3.75. The van der Waals surface area contributed by atoms with E-state index >= 15 is 0 Å². The first-order valence-corrected chi connectivity index (χ1v) is 9.27. The molecule has 0 radical (unpaired) electrons. The number of nitrogens with one attached hydrogen (secondary N) is 2. The van der Waals surface area contributed by atoms with Crippen molar-refractivity contribution in [2.24, 2.45) is 0 Å². The molecule has 28 heavy (non-hydrogen) atoms. The van der Waals surface area contributed by atoms with Crippen LogP contribution in [-0.4, -0.2) is 22.0 Å². The lowest BCUT2D eigenvalue weighted by molar-refractivity contribution is 0.0946. The summed E-state index contributed by atoms with van der Waals surface area (Å²) in [6.07, 6.45) is 1.58. The smallest absolute Gasteiger partial charge is 0.270 e. The Morgan fingerprint density at radius 2 is 1.86 bits per heavy atom. The molecule has 1 amide bonds. The molecule has 0 aliphatic rings. The van der Waals surface area contributed by atoms with Gasteiger partial charge in [-0.1, -0.05) is 35.9 Å². The Labute approximate surface area is 168 Å². The highest BCUT2D eigenvalue weighted by atomic mass is 35.5. The minimum absolute atomic E-state index is 0.0360. The monoisotopic (exact) mass is 396 g/mol. The molecule has 144 valence electrons. The molecule has 2 aromatic carbocycles. The van der Waals surface area contributed by atoms with Gasteiger partial charge in [0.2, 0.25) is 5.95 Å². The molecule has 0 atom stereocenters. The van der Waals surface area contributed by atoms with Crippen molar-refractivity contribution in [1.29, 1.82) is 0 Å². The lowest BCUT2D eigenvalue weighted by Crippen LogP contribution is -2.24. The van der Waals surface area contributed by atoms with Crippen LogP contribution in [0.15, 0.2) is 60.8 Å². The summed E-state index contributed by atoms with van der Waals surface area (Å²) in [4.78, 5) is 20.9. The second kappa shape index (κ2) is 9.19. The Bertz CT molecular complexity index is 945. The van der Waals surface area contributed by atoms with E-state index in [1.165, 1.54) is 0 Å². The Balaban J connectivity index is 1.68. The number of rotatable bonds is 7. The van der Waals surface area contributed by atoms with Gasteiger partial charge in [0.1, 0.15) is 11.4 Å². The van der Waals surface area contributed by atoms with Gasteiger partial charge in [0.15, 0.2) is 0 Å². The second-order valence-corrected chi connectivity index (χ2v) is 6.80. The standard InChI is InChI=1S/C21H21ClN4O2/c1-14(2)28-19-6-4-3-5-17(19)25-21-23-12-11-18(26-21)20(27)24-13-15-7-9-16(22)10-8-15/h3-12,14H,13H2,1-2H3,(H,24,27)(H,23,25,26). The van der Waals surface area contributed by atoms with Gasteiger partial charge in [-0.3, -0.25) is 4.79 Å². The van der Waals surface area contributed by atoms with Gasteiger partial charge in [0.05, 0.1) is 11.8 Å². The van der Waals surface area contributed by atoms with Crippen LogP contribution in [-0.2, 0) is 6.54 Å². The molecule has 7 heteroatoms. The second-order valence-electron chi connectivity index (χ2n) is 6.36. The number of amides is 1. The van der Waals surface area contributed by atoms with Crippen molar-refractivity contribution in [2.45, 2.75) is 26.5 Å². The number of halogens is 1. The van der Waals surface area contributed by atoms with Gasteiger partial charge in [0, 0.05) is 17.8 Å². The fourth-order valence-electron chi connectivity index (χ4n) is 2.47. The number of para-hydroxylation sites is 2. The van der Waals surface area contributed by atoms with Crippen molar-refractivity contribution in [3.63, 3.8) is 0 Å². The summed E-state index contributed by atoms with van der Waals surface area (Å²) in [5.74, 6) is 0.727. The SMILES string of the molecule is CC(C)Oc1ccccc1Nc1nccc(C(=O)NCc2ccc(Cl)cc2)n1. The topological polar surface area (TPSA) is 76.1 Å². The average molecular weight is 397 g/mol. The van der Waals surface area contributed by atoms with Crippen molar-refractivity contribution in [3.05, 3.63) is 77.1 Å². The van der Waals surface area contributed by atoms with Crippen LogP contribution in [0.2, 0.25) is 5.02 Å². The van der Waals surface area contributed by atoms with E-state index in [4.69, 9.17) is 16.3 Å². The summed E-state index contributed by atoms with van der Waals surface area (Å²) in [5, 5.41) is 6.61. The van der Waals surface area contributed by atoms with E-state index < -0.39 is 0 Å². The number of nitrogens with zero attached hydrogens (tertiary/aromatic N) is 2. The van der Waals surface area contributed by atoms with Crippen molar-refractivity contribution >= 4 is 29.1 Å². The van der Waals surface area contributed by atoms with Gasteiger partial charge in [0.25, 0.3) is 5.91 Å². The van der Waals surface area contributed by atoms with Crippen molar-refractivity contribution < 1.29 is 9.53 Å². The molecule has 0 bridgehead atoms. The zero-order valence-corrected chi connectivity index (χ0v) is 16.4. The van der Waals surface area contributed by atoms with Crippen LogP contribution >= 0.6 is 11.6 Å². The van der Waals surface area contributed by atoms with E-state index in [9.17, 15) is 4.79 Å². The van der Waals surface area contributed by atoms with E-state index in [2.05, 4.69) is 20.6 Å². The zero-order chi connectivity index (χ0) is 19.9. The minimum atomic E-state index is -0.285. The maximum absolute atomic E-state index is 12.4. The summed E-state index contributed by atoms with van der Waals surface area (Å²) in [6, 6.07) is 16.4. The Hall–Kier alpha value is -3.12. The lowest BCUT2D eigenvalue weighted by Gasteiger charge is -2.14. The minimum Gasteiger partial charge on any atom is -0.489 e. The average Bonchev–Trinajstić information content (AvgIpc) is 2.69. The largest absolute Gasteiger partial charge is 0.489 e. The highest BCUT2D eigenvalue weighted by Gasteiger charge is 2.11. The number of hydrogen-bond donors (Lipinski definition) is 2. The molecule has 3 aromatic rings. The van der Waals surface area contributed by atoms with Crippen LogP contribution in [0.3, 0.4) is 0 Å². The van der Waals surface area contributed by atoms with E-state index in [1.807, 2.05) is 50.2 Å². The quantitative estimate of drug-likeness (QED) is 0.610. The molecule has 3 rings (SSSR count). The van der Waals surface area contributed by atoms with Gasteiger partial charge in [-0.05, 0) is 49.7 Å². The van der Waals surface area contributed by atoms with Crippen molar-refractivity contribution in [2.75, 3.05) is 5.32 Å². The fourth-order valence-corrected chi connectivity index (χ4v) is 2.59. The summed E-state index contributed by atoms with van der Waals surface area (Å²) in [6.45, 7) is 4.30. The predicted molar refractivity (Wildman–Crippen MR) is 110 cm³/mol. The number of ether oxygens (including phenoxy) is 1. The number of carbonyl (C=O) groups excluding carboxylic acids is 1. The number of carbonyl (C=O) groups is 1. The molecule has 0 spiro atoms. The number of aromatic nitrogens is 2. The molecule has 6 nitrogen and oxygen atoms in total. The molecule has 1 aromatic heterocycles. The first kappa shape index (κ1) is 19.6. The molecule has 0 aliphatic heterocycles. The molecular formula is C21H21ClN4O2. The summed E-state index contributed by atoms with van der Waals surface area (Å²) in [7, 11) is 0.